The van der Waals surface area contributed by atoms with Crippen molar-refractivity contribution in [2.45, 2.75) is 89.2 Å². The zero-order chi connectivity index (χ0) is 33.8. The molecule has 1 saturated heterocycles. The Labute approximate surface area is 258 Å². The number of nitrogens with zero attached hydrogens (tertiary/aromatic N) is 2. The fourth-order valence-electron chi connectivity index (χ4n) is 4.84. The fraction of sp³-hybridized carbons (Fsp3) is 0.630. The summed E-state index contributed by atoms with van der Waals surface area (Å²) >= 11 is 0. The van der Waals surface area contributed by atoms with Gasteiger partial charge in [-0.1, -0.05) is 13.8 Å². The lowest BCUT2D eigenvalue weighted by atomic mass is 10.0. The number of H-pyrrole nitrogens is 1. The van der Waals surface area contributed by atoms with E-state index in [9.17, 15) is 48.9 Å². The number of likely N-dealkylation sites (tertiary alicyclic amines) is 1. The number of carboxylic acids is 2. The first-order valence-corrected chi connectivity index (χ1v) is 14.4. The summed E-state index contributed by atoms with van der Waals surface area (Å²) in [6.45, 7) is 4.46. The average Bonchev–Trinajstić information content (AvgIpc) is 3.66. The minimum Gasteiger partial charge on any atom is -0.481 e. The van der Waals surface area contributed by atoms with Crippen LogP contribution in [0, 0.1) is 5.92 Å². The van der Waals surface area contributed by atoms with E-state index in [0.29, 0.717) is 12.1 Å². The highest BCUT2D eigenvalue weighted by Gasteiger charge is 2.41. The molecular weight excluding hydrogens is 596 g/mol. The quantitative estimate of drug-likeness (QED) is 0.0817. The van der Waals surface area contributed by atoms with Gasteiger partial charge in [-0.15, -0.1) is 0 Å². The van der Waals surface area contributed by atoms with Gasteiger partial charge in [0.25, 0.3) is 0 Å². The number of carbonyl (C=O) groups excluding carboxylic acids is 5. The first kappa shape index (κ1) is 36.6. The molecule has 2 rings (SSSR count). The second-order valence-corrected chi connectivity index (χ2v) is 11.2. The van der Waals surface area contributed by atoms with Crippen molar-refractivity contribution in [3.05, 3.63) is 18.2 Å². The van der Waals surface area contributed by atoms with Crippen molar-refractivity contribution >= 4 is 41.5 Å². The number of hydrogen-bond donors (Lipinski definition) is 9. The molecule has 18 nitrogen and oxygen atoms in total. The number of nitrogens with two attached hydrogens (primary N) is 1. The smallest absolute Gasteiger partial charge is 0.328 e. The van der Waals surface area contributed by atoms with Crippen LogP contribution in [0.25, 0.3) is 0 Å². The molecule has 6 atom stereocenters. The maximum Gasteiger partial charge on any atom is 0.328 e. The van der Waals surface area contributed by atoms with Crippen LogP contribution in [0.1, 0.15) is 52.1 Å². The highest BCUT2D eigenvalue weighted by molar-refractivity contribution is 5.97. The van der Waals surface area contributed by atoms with Crippen molar-refractivity contribution < 1.29 is 48.9 Å². The lowest BCUT2D eigenvalue weighted by Gasteiger charge is -2.30. The van der Waals surface area contributed by atoms with Gasteiger partial charge in [0.15, 0.2) is 6.04 Å². The molecule has 1 aliphatic heterocycles. The third-order valence-electron chi connectivity index (χ3n) is 7.03. The number of amides is 5. The van der Waals surface area contributed by atoms with Crippen molar-refractivity contribution in [3.8, 4) is 0 Å². The Kier molecular flexibility index (Phi) is 13.9. The Hall–Kier alpha value is -4.58. The Morgan fingerprint density at radius 2 is 1.64 bits per heavy atom. The molecule has 250 valence electrons. The highest BCUT2D eigenvalue weighted by Crippen LogP contribution is 2.20. The van der Waals surface area contributed by atoms with Gasteiger partial charge < -0.3 is 52.2 Å². The molecular formula is C27H42N8O10. The number of aliphatic carboxylic acids is 2. The predicted molar refractivity (Wildman–Crippen MR) is 155 cm³/mol. The second-order valence-electron chi connectivity index (χ2n) is 11.2. The summed E-state index contributed by atoms with van der Waals surface area (Å²) in [4.78, 5) is 96.1. The molecule has 0 aromatic carbocycles. The van der Waals surface area contributed by atoms with Crippen molar-refractivity contribution in [3.63, 3.8) is 0 Å². The monoisotopic (exact) mass is 638 g/mol. The summed E-state index contributed by atoms with van der Waals surface area (Å²) in [5.74, 6) is -6.97. The molecule has 18 heteroatoms. The van der Waals surface area contributed by atoms with E-state index >= 15 is 0 Å². The molecule has 2 heterocycles. The molecule has 0 spiro atoms. The average molecular weight is 639 g/mol. The van der Waals surface area contributed by atoms with E-state index in [4.69, 9.17) is 5.73 Å². The molecule has 0 bridgehead atoms. The second kappa shape index (κ2) is 17.0. The normalized spacial score (nSPS) is 17.8. The molecule has 45 heavy (non-hydrogen) atoms. The first-order valence-electron chi connectivity index (χ1n) is 14.4. The maximum atomic E-state index is 13.6. The highest BCUT2D eigenvalue weighted by atomic mass is 16.4. The van der Waals surface area contributed by atoms with Crippen LogP contribution in [-0.4, -0.2) is 121 Å². The Bertz CT molecular complexity index is 1220. The molecule has 0 saturated carbocycles. The zero-order valence-corrected chi connectivity index (χ0v) is 25.3. The van der Waals surface area contributed by atoms with Gasteiger partial charge >= 0.3 is 11.9 Å². The number of carboxylic acid groups (broad SMARTS) is 2. The van der Waals surface area contributed by atoms with Crippen LogP contribution < -0.4 is 27.0 Å². The molecule has 0 unspecified atom stereocenters. The number of nitrogens with one attached hydrogen (secondary N) is 5. The Morgan fingerprint density at radius 1 is 1.00 bits per heavy atom. The minimum atomic E-state index is -1.67. The Morgan fingerprint density at radius 3 is 2.18 bits per heavy atom. The number of aromatic nitrogens is 2. The number of carbonyl (C=O) groups is 7. The molecule has 0 aliphatic carbocycles. The summed E-state index contributed by atoms with van der Waals surface area (Å²) in [6, 6.07) is -6.90. The van der Waals surface area contributed by atoms with Gasteiger partial charge in [-0.25, -0.2) is 9.78 Å². The summed E-state index contributed by atoms with van der Waals surface area (Å²) in [7, 11) is 0. The van der Waals surface area contributed by atoms with Crippen molar-refractivity contribution in [1.82, 2.24) is 36.1 Å². The third kappa shape index (κ3) is 11.1. The first-order chi connectivity index (χ1) is 21.1. The van der Waals surface area contributed by atoms with Gasteiger partial charge in [0.2, 0.25) is 29.5 Å². The van der Waals surface area contributed by atoms with Gasteiger partial charge in [0, 0.05) is 24.9 Å². The fourth-order valence-corrected chi connectivity index (χ4v) is 4.84. The van der Waals surface area contributed by atoms with Crippen molar-refractivity contribution in [1.29, 1.82) is 0 Å². The summed E-state index contributed by atoms with van der Waals surface area (Å²) in [5.41, 5.74) is 5.80. The lowest BCUT2D eigenvalue weighted by molar-refractivity contribution is -0.148. The standard InChI is InChI=1S/C27H42N8O10/c1-13(2)7-16(31-20(37)10-28)23(40)32-17(8-15-11-29-12-30-15)24(41)33-18(9-21(38)39)26(43)35-6-4-5-19(35)25(42)34-22(14(3)36)27(44)45/h11-14,16-19,22,36H,4-10,28H2,1-3H3,(H,29,30)(H,31,37)(H,32,40)(H,33,41)(H,34,42)(H,38,39)(H,44,45)/t14-,16+,17+,18+,19+,22+/m1/s1. The number of aliphatic hydroxyl groups is 1. The van der Waals surface area contributed by atoms with E-state index in [2.05, 4.69) is 31.2 Å². The van der Waals surface area contributed by atoms with Crippen LogP contribution >= 0.6 is 0 Å². The summed E-state index contributed by atoms with van der Waals surface area (Å²) in [6.07, 6.45) is 0.962. The number of imidazole rings is 1. The van der Waals surface area contributed by atoms with Gasteiger partial charge in [-0.05, 0) is 32.1 Å². The van der Waals surface area contributed by atoms with E-state index in [0.717, 1.165) is 4.90 Å². The number of aliphatic hydroxyl groups excluding tert-OH is 1. The van der Waals surface area contributed by atoms with Gasteiger partial charge in [0.1, 0.15) is 24.2 Å². The van der Waals surface area contributed by atoms with E-state index in [1.165, 1.54) is 19.4 Å². The van der Waals surface area contributed by atoms with Crippen LogP contribution in [0.3, 0.4) is 0 Å². The molecule has 5 amide bonds. The van der Waals surface area contributed by atoms with Crippen LogP contribution in [0.2, 0.25) is 0 Å². The van der Waals surface area contributed by atoms with Gasteiger partial charge in [-0.3, -0.25) is 28.8 Å². The molecule has 0 radical (unpaired) electrons. The lowest BCUT2D eigenvalue weighted by Crippen LogP contribution is -2.60. The van der Waals surface area contributed by atoms with Crippen LogP contribution in [0.4, 0.5) is 0 Å². The van der Waals surface area contributed by atoms with E-state index < -0.39 is 84.2 Å². The molecule has 1 aromatic rings. The zero-order valence-electron chi connectivity index (χ0n) is 25.3. The summed E-state index contributed by atoms with van der Waals surface area (Å²) < 4.78 is 0. The van der Waals surface area contributed by atoms with Gasteiger partial charge in [-0.2, -0.15) is 0 Å². The molecule has 10 N–H and O–H groups in total. The van der Waals surface area contributed by atoms with E-state index in [-0.39, 0.29) is 38.3 Å². The maximum absolute atomic E-state index is 13.6. The van der Waals surface area contributed by atoms with Crippen LogP contribution in [-0.2, 0) is 40.0 Å². The van der Waals surface area contributed by atoms with E-state index in [1.807, 2.05) is 13.8 Å². The topological polar surface area (TPSA) is 286 Å². The Balaban J connectivity index is 2.30. The van der Waals surface area contributed by atoms with Crippen molar-refractivity contribution in [2.75, 3.05) is 13.1 Å². The largest absolute Gasteiger partial charge is 0.481 e. The molecule has 1 aromatic heterocycles. The molecule has 1 aliphatic rings. The number of hydrogen-bond acceptors (Lipinski definition) is 10. The van der Waals surface area contributed by atoms with Crippen LogP contribution in [0.5, 0.6) is 0 Å². The van der Waals surface area contributed by atoms with E-state index in [1.54, 1.807) is 0 Å². The minimum absolute atomic E-state index is 0.0152. The SMILES string of the molecule is CC(C)C[C@H](NC(=O)CN)C(=O)N[C@@H](Cc1cnc[nH]1)C(=O)N[C@@H](CC(=O)O)C(=O)N1CCC[C@H]1C(=O)N[C@H](C(=O)O)[C@@H](C)O. The number of aromatic amines is 1. The third-order valence-corrected chi connectivity index (χ3v) is 7.03. The van der Waals surface area contributed by atoms with Crippen LogP contribution in [0.15, 0.2) is 12.5 Å². The van der Waals surface area contributed by atoms with Crippen molar-refractivity contribution in [2.24, 2.45) is 11.7 Å². The number of rotatable bonds is 17. The van der Waals surface area contributed by atoms with Gasteiger partial charge in [0.05, 0.1) is 25.4 Å². The summed E-state index contributed by atoms with van der Waals surface area (Å²) in [5, 5.41) is 38.2. The molecule has 1 fully saturated rings. The predicted octanol–water partition coefficient (Wildman–Crippen LogP) is -3.17.